The number of hydrogen-bond acceptors (Lipinski definition) is 3. The molecule has 1 aromatic carbocycles. The Kier molecular flexibility index (Phi) is 7.04. The Morgan fingerprint density at radius 1 is 1.29 bits per heavy atom. The molecule has 1 N–H and O–H groups in total. The molecule has 1 fully saturated rings. The van der Waals surface area contributed by atoms with E-state index in [4.69, 9.17) is 9.84 Å². The number of aliphatic hydroxyl groups excluding tert-OH is 1. The minimum atomic E-state index is -0.334. The Hall–Kier alpha value is -1.61. The van der Waals surface area contributed by atoms with E-state index in [1.807, 2.05) is 0 Å². The maximum Gasteiger partial charge on any atom is 0.333 e. The summed E-state index contributed by atoms with van der Waals surface area (Å²) in [5.74, 6) is 1.04. The van der Waals surface area contributed by atoms with Crippen LogP contribution in [-0.2, 0) is 22.6 Å². The van der Waals surface area contributed by atoms with Gasteiger partial charge in [-0.15, -0.1) is 0 Å². The Morgan fingerprint density at radius 3 is 2.62 bits per heavy atom. The molecule has 0 bridgehead atoms. The standard InChI is InChI=1S/C21H30O3/c1-15(2)21(23)24-14-19-13-17(5-4-12-22)8-11-20(19)18-9-6-16(3)7-10-18/h8,11,13,16,18,22H,1,4-7,9-10,12,14H2,2-3H3. The first-order chi connectivity index (χ1) is 11.5. The molecule has 1 aliphatic carbocycles. The first-order valence-corrected chi connectivity index (χ1v) is 9.06. The molecule has 3 nitrogen and oxygen atoms in total. The lowest BCUT2D eigenvalue weighted by Crippen LogP contribution is -2.14. The Labute approximate surface area is 145 Å². The van der Waals surface area contributed by atoms with Gasteiger partial charge >= 0.3 is 5.97 Å². The first kappa shape index (κ1) is 18.7. The van der Waals surface area contributed by atoms with Crippen molar-refractivity contribution in [3.8, 4) is 0 Å². The van der Waals surface area contributed by atoms with Gasteiger partial charge in [0.05, 0.1) is 0 Å². The maximum atomic E-state index is 11.7. The lowest BCUT2D eigenvalue weighted by atomic mass is 9.78. The average molecular weight is 330 g/mol. The van der Waals surface area contributed by atoms with Crippen molar-refractivity contribution in [2.24, 2.45) is 5.92 Å². The number of esters is 1. The minimum absolute atomic E-state index is 0.197. The molecule has 132 valence electrons. The molecule has 0 unspecified atom stereocenters. The largest absolute Gasteiger partial charge is 0.457 e. The molecule has 0 radical (unpaired) electrons. The highest BCUT2D eigenvalue weighted by Crippen LogP contribution is 2.37. The minimum Gasteiger partial charge on any atom is -0.457 e. The van der Waals surface area contributed by atoms with Crippen LogP contribution in [0.25, 0.3) is 0 Å². The van der Waals surface area contributed by atoms with E-state index < -0.39 is 0 Å². The van der Waals surface area contributed by atoms with Crippen molar-refractivity contribution in [2.75, 3.05) is 6.61 Å². The van der Waals surface area contributed by atoms with E-state index in [-0.39, 0.29) is 12.6 Å². The molecule has 0 aliphatic heterocycles. The second kappa shape index (κ2) is 9.03. The van der Waals surface area contributed by atoms with Crippen LogP contribution in [0.2, 0.25) is 0 Å². The van der Waals surface area contributed by atoms with Crippen LogP contribution >= 0.6 is 0 Å². The average Bonchev–Trinajstić information content (AvgIpc) is 2.58. The van der Waals surface area contributed by atoms with Crippen molar-refractivity contribution in [3.05, 3.63) is 47.0 Å². The van der Waals surface area contributed by atoms with Gasteiger partial charge in [0, 0.05) is 12.2 Å². The van der Waals surface area contributed by atoms with Gasteiger partial charge in [0.2, 0.25) is 0 Å². The lowest BCUT2D eigenvalue weighted by Gasteiger charge is -2.28. The van der Waals surface area contributed by atoms with Crippen LogP contribution in [0.1, 0.15) is 68.6 Å². The highest BCUT2D eigenvalue weighted by atomic mass is 16.5. The molecule has 0 aromatic heterocycles. The zero-order valence-corrected chi connectivity index (χ0v) is 15.0. The van der Waals surface area contributed by atoms with E-state index in [1.165, 1.54) is 36.8 Å². The first-order valence-electron chi connectivity index (χ1n) is 9.06. The van der Waals surface area contributed by atoms with Crippen LogP contribution in [0, 0.1) is 5.92 Å². The Morgan fingerprint density at radius 2 is 2.00 bits per heavy atom. The number of aryl methyl sites for hydroxylation is 1. The topological polar surface area (TPSA) is 46.5 Å². The number of rotatable bonds is 7. The summed E-state index contributed by atoms with van der Waals surface area (Å²) in [6.45, 7) is 8.14. The quantitative estimate of drug-likeness (QED) is 0.590. The fourth-order valence-electron chi connectivity index (χ4n) is 3.46. The van der Waals surface area contributed by atoms with E-state index in [9.17, 15) is 4.79 Å². The number of benzene rings is 1. The summed E-state index contributed by atoms with van der Waals surface area (Å²) in [4.78, 5) is 11.7. The van der Waals surface area contributed by atoms with Crippen molar-refractivity contribution in [1.82, 2.24) is 0 Å². The summed E-state index contributed by atoms with van der Waals surface area (Å²) in [7, 11) is 0. The van der Waals surface area contributed by atoms with Gasteiger partial charge in [-0.1, -0.05) is 44.5 Å². The molecule has 0 atom stereocenters. The monoisotopic (exact) mass is 330 g/mol. The summed E-state index contributed by atoms with van der Waals surface area (Å²) in [6, 6.07) is 6.51. The van der Waals surface area contributed by atoms with E-state index in [0.717, 1.165) is 24.3 Å². The molecular weight excluding hydrogens is 300 g/mol. The number of hydrogen-bond donors (Lipinski definition) is 1. The second-order valence-corrected chi connectivity index (χ2v) is 7.17. The molecule has 2 rings (SSSR count). The number of carbonyl (C=O) groups is 1. The number of aliphatic hydroxyl groups is 1. The molecule has 0 saturated heterocycles. The molecule has 1 saturated carbocycles. The highest BCUT2D eigenvalue weighted by molar-refractivity contribution is 5.86. The van der Waals surface area contributed by atoms with Gasteiger partial charge in [-0.25, -0.2) is 4.79 Å². The maximum absolute atomic E-state index is 11.7. The Bertz CT molecular complexity index is 568. The highest BCUT2D eigenvalue weighted by Gasteiger charge is 2.22. The smallest absolute Gasteiger partial charge is 0.333 e. The van der Waals surface area contributed by atoms with Crippen molar-refractivity contribution in [3.63, 3.8) is 0 Å². The molecule has 24 heavy (non-hydrogen) atoms. The summed E-state index contributed by atoms with van der Waals surface area (Å²) < 4.78 is 5.41. The van der Waals surface area contributed by atoms with Crippen molar-refractivity contribution in [1.29, 1.82) is 0 Å². The van der Waals surface area contributed by atoms with Crippen molar-refractivity contribution >= 4 is 5.97 Å². The van der Waals surface area contributed by atoms with E-state index in [2.05, 4.69) is 31.7 Å². The van der Waals surface area contributed by atoms with E-state index in [1.54, 1.807) is 6.92 Å². The molecule has 0 heterocycles. The van der Waals surface area contributed by atoms with Crippen LogP contribution in [-0.4, -0.2) is 17.7 Å². The van der Waals surface area contributed by atoms with E-state index >= 15 is 0 Å². The zero-order chi connectivity index (χ0) is 17.5. The fraction of sp³-hybridized carbons (Fsp3) is 0.571. The van der Waals surface area contributed by atoms with Gasteiger partial charge in [-0.3, -0.25) is 0 Å². The van der Waals surface area contributed by atoms with Gasteiger partial charge in [0.1, 0.15) is 6.61 Å². The molecular formula is C21H30O3. The third-order valence-electron chi connectivity index (χ3n) is 4.99. The number of carbonyl (C=O) groups excluding carboxylic acids is 1. The van der Waals surface area contributed by atoms with Crippen LogP contribution < -0.4 is 0 Å². The van der Waals surface area contributed by atoms with Crippen LogP contribution in [0.3, 0.4) is 0 Å². The van der Waals surface area contributed by atoms with Gasteiger partial charge in [0.25, 0.3) is 0 Å². The predicted molar refractivity (Wildman–Crippen MR) is 96.8 cm³/mol. The SMILES string of the molecule is C=C(C)C(=O)OCc1cc(CCCO)ccc1C1CCC(C)CC1. The molecule has 0 spiro atoms. The lowest BCUT2D eigenvalue weighted by molar-refractivity contribution is -0.140. The normalized spacial score (nSPS) is 20.6. The third kappa shape index (κ3) is 5.20. The van der Waals surface area contributed by atoms with Gasteiger partial charge < -0.3 is 9.84 Å². The Balaban J connectivity index is 2.17. The van der Waals surface area contributed by atoms with Crippen LogP contribution in [0.4, 0.5) is 0 Å². The molecule has 1 aromatic rings. The fourth-order valence-corrected chi connectivity index (χ4v) is 3.46. The van der Waals surface area contributed by atoms with E-state index in [0.29, 0.717) is 18.1 Å². The van der Waals surface area contributed by atoms with Gasteiger partial charge in [-0.05, 0) is 61.1 Å². The summed E-state index contributed by atoms with van der Waals surface area (Å²) in [5.41, 5.74) is 4.06. The summed E-state index contributed by atoms with van der Waals surface area (Å²) >= 11 is 0. The zero-order valence-electron chi connectivity index (χ0n) is 15.0. The van der Waals surface area contributed by atoms with Gasteiger partial charge in [0.15, 0.2) is 0 Å². The number of ether oxygens (including phenoxy) is 1. The second-order valence-electron chi connectivity index (χ2n) is 7.17. The summed E-state index contributed by atoms with van der Waals surface area (Å²) in [6.07, 6.45) is 6.55. The van der Waals surface area contributed by atoms with Crippen molar-refractivity contribution < 1.29 is 14.6 Å². The molecule has 0 amide bonds. The molecule has 1 aliphatic rings. The summed E-state index contributed by atoms with van der Waals surface area (Å²) in [5, 5.41) is 9.04. The van der Waals surface area contributed by atoms with Crippen LogP contribution in [0.15, 0.2) is 30.4 Å². The van der Waals surface area contributed by atoms with Crippen molar-refractivity contribution in [2.45, 2.75) is 64.9 Å². The third-order valence-corrected chi connectivity index (χ3v) is 4.99. The molecule has 3 heteroatoms. The predicted octanol–water partition coefficient (Wildman–Crippen LogP) is 4.52. The van der Waals surface area contributed by atoms with Gasteiger partial charge in [-0.2, -0.15) is 0 Å². The van der Waals surface area contributed by atoms with Crippen LogP contribution in [0.5, 0.6) is 0 Å².